The molecule has 1 amide bonds. The van der Waals surface area contributed by atoms with E-state index in [0.29, 0.717) is 24.2 Å². The lowest BCUT2D eigenvalue weighted by molar-refractivity contribution is -0.159. The first-order valence-electron chi connectivity index (χ1n) is 11.6. The van der Waals surface area contributed by atoms with E-state index in [0.717, 1.165) is 32.1 Å². The van der Waals surface area contributed by atoms with Crippen molar-refractivity contribution in [2.24, 2.45) is 17.3 Å². The smallest absolute Gasteiger partial charge is 0.360 e. The first kappa shape index (κ1) is 26.3. The maximum Gasteiger partial charge on any atom is 0.360 e. The molecular weight excluding hydrogens is 500 g/mol. The van der Waals surface area contributed by atoms with Gasteiger partial charge in [-0.15, -0.1) is 0 Å². The summed E-state index contributed by atoms with van der Waals surface area (Å²) in [7, 11) is -10.7. The number of aromatic hydroxyl groups is 1. The summed E-state index contributed by atoms with van der Waals surface area (Å²) in [5.41, 5.74) is -0.522. The molecule has 35 heavy (non-hydrogen) atoms. The molecule has 0 bridgehead atoms. The zero-order valence-corrected chi connectivity index (χ0v) is 21.0. The Hall–Kier alpha value is -1.74. The second kappa shape index (κ2) is 9.29. The lowest BCUT2D eigenvalue weighted by Gasteiger charge is -2.50. The van der Waals surface area contributed by atoms with Gasteiger partial charge in [0.15, 0.2) is 0 Å². The highest BCUT2D eigenvalue weighted by Crippen LogP contribution is 2.62. The van der Waals surface area contributed by atoms with Crippen LogP contribution in [-0.4, -0.2) is 48.2 Å². The molecule has 0 unspecified atom stereocenters. The van der Waals surface area contributed by atoms with E-state index >= 15 is 0 Å². The van der Waals surface area contributed by atoms with Crippen LogP contribution in [0, 0.1) is 17.3 Å². The molecule has 3 aliphatic carbocycles. The standard InChI is InChI=1S/C22H31NO10P2/c1-22-9-8-15-14-5-3-13(24)10-12(14)2-4-16(15)17(22)6-7-18(22)33-20(26)11-19(25)23-21(34(27,28)29)35(30,31)32/h3,5,10,15-18,21,24H,2,4,6-9,11H2,1H3,(H,23,25)(H2,27,28,29)(H2,30,31,32)/t15-,16-,17+,18+,22+/m1/s1. The number of hydrogen-bond acceptors (Lipinski definition) is 6. The SMILES string of the molecule is C[C@]12CC[C@@H]3c4ccc(O)cc4CC[C@H]3[C@@H]1CC[C@@H]2OC(=O)CC(=O)NC(P(=O)(O)O)P(=O)(O)O. The molecule has 0 aromatic heterocycles. The van der Waals surface area contributed by atoms with E-state index in [2.05, 4.69) is 6.92 Å². The molecule has 194 valence electrons. The van der Waals surface area contributed by atoms with Crippen LogP contribution in [0.2, 0.25) is 0 Å². The van der Waals surface area contributed by atoms with E-state index in [-0.39, 0.29) is 11.2 Å². The summed E-state index contributed by atoms with van der Waals surface area (Å²) in [5, 5.41) is 11.4. The highest BCUT2D eigenvalue weighted by atomic mass is 31.2. The molecule has 4 rings (SSSR count). The number of aryl methyl sites for hydroxylation is 1. The summed E-state index contributed by atoms with van der Waals surface area (Å²) in [6.07, 6.45) is 3.77. The van der Waals surface area contributed by atoms with Crippen LogP contribution < -0.4 is 5.32 Å². The third-order valence-electron chi connectivity index (χ3n) is 8.13. The van der Waals surface area contributed by atoms with Crippen molar-refractivity contribution in [1.29, 1.82) is 0 Å². The van der Waals surface area contributed by atoms with Gasteiger partial charge in [0.1, 0.15) is 18.3 Å². The van der Waals surface area contributed by atoms with Crippen molar-refractivity contribution in [1.82, 2.24) is 5.32 Å². The number of rotatable bonds is 6. The molecule has 0 saturated heterocycles. The maximum atomic E-state index is 12.5. The van der Waals surface area contributed by atoms with Gasteiger partial charge in [0, 0.05) is 5.41 Å². The summed E-state index contributed by atoms with van der Waals surface area (Å²) in [5.74, 6) is -0.741. The Morgan fingerprint density at radius 2 is 1.80 bits per heavy atom. The Morgan fingerprint density at radius 1 is 1.11 bits per heavy atom. The van der Waals surface area contributed by atoms with Crippen LogP contribution in [0.25, 0.3) is 0 Å². The molecule has 1 aromatic rings. The number of benzene rings is 1. The minimum absolute atomic E-state index is 0.271. The number of carbonyl (C=O) groups is 2. The van der Waals surface area contributed by atoms with Crippen LogP contribution >= 0.6 is 15.2 Å². The van der Waals surface area contributed by atoms with Crippen molar-refractivity contribution in [2.75, 3.05) is 0 Å². The number of phenols is 1. The van der Waals surface area contributed by atoms with Gasteiger partial charge in [-0.1, -0.05) is 13.0 Å². The van der Waals surface area contributed by atoms with Crippen LogP contribution in [0.5, 0.6) is 5.75 Å². The molecule has 0 spiro atoms. The Kier molecular flexibility index (Phi) is 6.99. The molecule has 0 heterocycles. The molecule has 11 nitrogen and oxygen atoms in total. The van der Waals surface area contributed by atoms with Gasteiger partial charge in [-0.2, -0.15) is 0 Å². The van der Waals surface area contributed by atoms with Crippen LogP contribution in [0.3, 0.4) is 0 Å². The third kappa shape index (κ3) is 5.22. The van der Waals surface area contributed by atoms with Gasteiger partial charge < -0.3 is 34.7 Å². The number of hydrogen-bond donors (Lipinski definition) is 6. The van der Waals surface area contributed by atoms with Crippen molar-refractivity contribution >= 4 is 27.1 Å². The van der Waals surface area contributed by atoms with E-state index in [1.807, 2.05) is 12.1 Å². The summed E-state index contributed by atoms with van der Waals surface area (Å²) < 4.78 is 28.3. The fourth-order valence-corrected chi connectivity index (χ4v) is 8.80. The van der Waals surface area contributed by atoms with E-state index in [4.69, 9.17) is 24.3 Å². The average Bonchev–Trinajstić information content (AvgIpc) is 3.06. The van der Waals surface area contributed by atoms with Crippen molar-refractivity contribution < 1.29 is 48.1 Å². The lowest BCUT2D eigenvalue weighted by Crippen LogP contribution is -2.45. The number of esters is 1. The molecule has 3 aliphatic rings. The minimum atomic E-state index is -5.36. The Balaban J connectivity index is 1.40. The molecule has 1 aromatic carbocycles. The zero-order valence-electron chi connectivity index (χ0n) is 19.2. The van der Waals surface area contributed by atoms with E-state index in [1.165, 1.54) is 11.1 Å². The molecule has 2 saturated carbocycles. The van der Waals surface area contributed by atoms with Crippen LogP contribution in [0.15, 0.2) is 18.2 Å². The number of amides is 1. The predicted molar refractivity (Wildman–Crippen MR) is 123 cm³/mol. The van der Waals surface area contributed by atoms with Crippen LogP contribution in [-0.2, 0) is 29.9 Å². The first-order valence-corrected chi connectivity index (χ1v) is 15.0. The fourth-order valence-electron chi connectivity index (χ4n) is 6.60. The van der Waals surface area contributed by atoms with Gasteiger partial charge in [0.25, 0.3) is 0 Å². The van der Waals surface area contributed by atoms with Crippen molar-refractivity contribution in [2.45, 2.75) is 69.4 Å². The van der Waals surface area contributed by atoms with Gasteiger partial charge in [-0.25, -0.2) is 0 Å². The highest BCUT2D eigenvalue weighted by molar-refractivity contribution is 7.70. The molecule has 0 aliphatic heterocycles. The number of ether oxygens (including phenoxy) is 1. The predicted octanol–water partition coefficient (Wildman–Crippen LogP) is 2.31. The zero-order chi connectivity index (χ0) is 25.8. The quantitative estimate of drug-likeness (QED) is 0.180. The fraction of sp³-hybridized carbons (Fsp3) is 0.636. The number of nitrogens with one attached hydrogen (secondary N) is 1. The summed E-state index contributed by atoms with van der Waals surface area (Å²) in [6, 6.07) is 5.58. The largest absolute Gasteiger partial charge is 0.508 e. The summed E-state index contributed by atoms with van der Waals surface area (Å²) >= 11 is 0. The Bertz CT molecular complexity index is 1090. The van der Waals surface area contributed by atoms with E-state index in [9.17, 15) is 23.8 Å². The van der Waals surface area contributed by atoms with Gasteiger partial charge in [-0.3, -0.25) is 18.7 Å². The highest BCUT2D eigenvalue weighted by Gasteiger charge is 2.56. The van der Waals surface area contributed by atoms with E-state index in [1.54, 1.807) is 11.4 Å². The van der Waals surface area contributed by atoms with Gasteiger partial charge in [0.05, 0.1) is 0 Å². The summed E-state index contributed by atoms with van der Waals surface area (Å²) in [4.78, 5) is 61.1. The van der Waals surface area contributed by atoms with Crippen LogP contribution in [0.1, 0.15) is 62.5 Å². The second-order valence-corrected chi connectivity index (χ2v) is 14.0. The number of carbonyl (C=O) groups excluding carboxylic acids is 2. The van der Waals surface area contributed by atoms with Gasteiger partial charge >= 0.3 is 21.2 Å². The molecular formula is C22H31NO10P2. The number of phenolic OH excluding ortho intramolecular Hbond substituents is 1. The molecule has 0 radical (unpaired) electrons. The second-order valence-electron chi connectivity index (χ2n) is 10.2. The maximum absolute atomic E-state index is 12.5. The third-order valence-corrected chi connectivity index (χ3v) is 11.5. The average molecular weight is 531 g/mol. The molecule has 6 N–H and O–H groups in total. The first-order chi connectivity index (χ1) is 16.2. The minimum Gasteiger partial charge on any atom is -0.508 e. The molecule has 5 atom stereocenters. The Morgan fingerprint density at radius 3 is 2.46 bits per heavy atom. The Labute approximate surface area is 202 Å². The van der Waals surface area contributed by atoms with E-state index < -0.39 is 45.1 Å². The normalized spacial score (nSPS) is 30.2. The van der Waals surface area contributed by atoms with Crippen molar-refractivity contribution in [3.63, 3.8) is 0 Å². The molecule has 2 fully saturated rings. The summed E-state index contributed by atoms with van der Waals surface area (Å²) in [6.45, 7) is 2.10. The topological polar surface area (TPSA) is 191 Å². The van der Waals surface area contributed by atoms with Crippen LogP contribution in [0.4, 0.5) is 0 Å². The lowest BCUT2D eigenvalue weighted by atomic mass is 9.55. The van der Waals surface area contributed by atoms with Crippen molar-refractivity contribution in [3.05, 3.63) is 29.3 Å². The molecule has 13 heteroatoms. The monoisotopic (exact) mass is 531 g/mol. The van der Waals surface area contributed by atoms with Gasteiger partial charge in [0.2, 0.25) is 11.4 Å². The van der Waals surface area contributed by atoms with Crippen molar-refractivity contribution in [3.8, 4) is 5.75 Å². The van der Waals surface area contributed by atoms with Gasteiger partial charge in [-0.05, 0) is 79.5 Å². The number of fused-ring (bicyclic) bond motifs is 5.